The molecule has 1 amide bonds. The van der Waals surface area contributed by atoms with Gasteiger partial charge in [-0.1, -0.05) is 36.8 Å². The Bertz CT molecular complexity index is 788. The number of hydrogen-bond donors (Lipinski definition) is 1. The molecule has 2 N–H and O–H groups in total. The first-order valence-electron chi connectivity index (χ1n) is 9.92. The van der Waals surface area contributed by atoms with Gasteiger partial charge in [0.15, 0.2) is 0 Å². The minimum atomic E-state index is 0.103. The van der Waals surface area contributed by atoms with E-state index in [0.29, 0.717) is 12.5 Å². The van der Waals surface area contributed by atoms with Crippen LogP contribution in [-0.4, -0.2) is 51.9 Å². The lowest BCUT2D eigenvalue weighted by Gasteiger charge is -2.36. The number of nitrogens with zero attached hydrogens (tertiary/aromatic N) is 4. The zero-order valence-electron chi connectivity index (χ0n) is 15.7. The standard InChI is InChI=1S/C21H27N5O/c22-21-23-14-17(16-8-2-1-3-9-16)20(24-21)18-10-4-5-13-26(18)15-19(27)25-11-6-7-12-25/h1-3,8-9,14,18H,4-7,10-13,15H2,(H2,22,23,24)/t18-/m0/s1. The van der Waals surface area contributed by atoms with Crippen molar-refractivity contribution < 1.29 is 4.79 Å². The molecule has 6 heteroatoms. The Morgan fingerprint density at radius 3 is 2.59 bits per heavy atom. The molecule has 0 unspecified atom stereocenters. The van der Waals surface area contributed by atoms with Crippen molar-refractivity contribution in [1.82, 2.24) is 19.8 Å². The fraction of sp³-hybridized carbons (Fsp3) is 0.476. The molecule has 27 heavy (non-hydrogen) atoms. The highest BCUT2D eigenvalue weighted by atomic mass is 16.2. The second-order valence-electron chi connectivity index (χ2n) is 7.46. The van der Waals surface area contributed by atoms with Crippen LogP contribution in [0.3, 0.4) is 0 Å². The van der Waals surface area contributed by atoms with Crippen molar-refractivity contribution >= 4 is 11.9 Å². The van der Waals surface area contributed by atoms with Crippen LogP contribution in [0.15, 0.2) is 36.5 Å². The molecule has 2 aliphatic heterocycles. The highest BCUT2D eigenvalue weighted by Gasteiger charge is 2.31. The van der Waals surface area contributed by atoms with Crippen LogP contribution in [0.1, 0.15) is 43.8 Å². The van der Waals surface area contributed by atoms with E-state index >= 15 is 0 Å². The molecule has 2 aromatic rings. The lowest BCUT2D eigenvalue weighted by atomic mass is 9.94. The molecule has 4 rings (SSSR count). The summed E-state index contributed by atoms with van der Waals surface area (Å²) in [6.45, 7) is 3.17. The van der Waals surface area contributed by atoms with E-state index in [1.54, 1.807) is 0 Å². The normalized spacial score (nSPS) is 20.7. The average molecular weight is 365 g/mol. The summed E-state index contributed by atoms with van der Waals surface area (Å²) >= 11 is 0. The summed E-state index contributed by atoms with van der Waals surface area (Å²) in [5, 5.41) is 0. The van der Waals surface area contributed by atoms with Crippen molar-refractivity contribution in [2.75, 3.05) is 31.9 Å². The third-order valence-corrected chi connectivity index (χ3v) is 5.65. The number of benzene rings is 1. The maximum atomic E-state index is 12.7. The number of anilines is 1. The molecule has 0 spiro atoms. The number of rotatable bonds is 4. The number of aromatic nitrogens is 2. The monoisotopic (exact) mass is 365 g/mol. The second kappa shape index (κ2) is 8.05. The van der Waals surface area contributed by atoms with Crippen LogP contribution < -0.4 is 5.73 Å². The van der Waals surface area contributed by atoms with E-state index in [2.05, 4.69) is 27.0 Å². The van der Waals surface area contributed by atoms with E-state index in [1.165, 1.54) is 0 Å². The van der Waals surface area contributed by atoms with Gasteiger partial charge >= 0.3 is 0 Å². The Balaban J connectivity index is 1.63. The Hall–Kier alpha value is -2.47. The van der Waals surface area contributed by atoms with Crippen molar-refractivity contribution in [1.29, 1.82) is 0 Å². The first-order chi connectivity index (χ1) is 13.2. The Morgan fingerprint density at radius 1 is 1.07 bits per heavy atom. The van der Waals surface area contributed by atoms with Crippen LogP contribution in [0.2, 0.25) is 0 Å². The Morgan fingerprint density at radius 2 is 1.81 bits per heavy atom. The minimum absolute atomic E-state index is 0.103. The van der Waals surface area contributed by atoms with Gasteiger partial charge in [0.2, 0.25) is 11.9 Å². The van der Waals surface area contributed by atoms with E-state index in [9.17, 15) is 4.79 Å². The van der Waals surface area contributed by atoms with E-state index in [4.69, 9.17) is 5.73 Å². The van der Waals surface area contributed by atoms with Crippen LogP contribution in [0.4, 0.5) is 5.95 Å². The molecule has 0 bridgehead atoms. The van der Waals surface area contributed by atoms with Gasteiger partial charge in [-0.05, 0) is 37.8 Å². The van der Waals surface area contributed by atoms with Crippen LogP contribution in [0.25, 0.3) is 11.1 Å². The van der Waals surface area contributed by atoms with Gasteiger partial charge in [0.1, 0.15) is 0 Å². The molecule has 1 atom stereocenters. The van der Waals surface area contributed by atoms with Gasteiger partial charge in [0, 0.05) is 24.8 Å². The predicted molar refractivity (Wildman–Crippen MR) is 106 cm³/mol. The second-order valence-corrected chi connectivity index (χ2v) is 7.46. The van der Waals surface area contributed by atoms with Crippen LogP contribution >= 0.6 is 0 Å². The Kier molecular flexibility index (Phi) is 5.34. The quantitative estimate of drug-likeness (QED) is 0.902. The molecule has 0 saturated carbocycles. The molecule has 0 aliphatic carbocycles. The van der Waals surface area contributed by atoms with E-state index in [0.717, 1.165) is 68.6 Å². The van der Waals surface area contributed by atoms with Gasteiger partial charge in [0.05, 0.1) is 18.3 Å². The summed E-state index contributed by atoms with van der Waals surface area (Å²) < 4.78 is 0. The molecular formula is C21H27N5O. The van der Waals surface area contributed by atoms with Crippen molar-refractivity contribution in [2.24, 2.45) is 0 Å². The first-order valence-corrected chi connectivity index (χ1v) is 9.92. The third kappa shape index (κ3) is 3.95. The van der Waals surface area contributed by atoms with E-state index < -0.39 is 0 Å². The maximum absolute atomic E-state index is 12.7. The number of likely N-dealkylation sites (tertiary alicyclic amines) is 2. The maximum Gasteiger partial charge on any atom is 0.236 e. The zero-order chi connectivity index (χ0) is 18.6. The Labute approximate surface area is 160 Å². The minimum Gasteiger partial charge on any atom is -0.368 e. The number of hydrogen-bond acceptors (Lipinski definition) is 5. The molecule has 2 fully saturated rings. The summed E-state index contributed by atoms with van der Waals surface area (Å²) in [4.78, 5) is 25.9. The van der Waals surface area contributed by atoms with E-state index in [1.807, 2.05) is 29.3 Å². The van der Waals surface area contributed by atoms with Gasteiger partial charge in [-0.15, -0.1) is 0 Å². The molecule has 142 valence electrons. The number of carbonyl (C=O) groups excluding carboxylic acids is 1. The fourth-order valence-electron chi connectivity index (χ4n) is 4.23. The van der Waals surface area contributed by atoms with Crippen molar-refractivity contribution in [3.8, 4) is 11.1 Å². The topological polar surface area (TPSA) is 75.3 Å². The molecule has 0 radical (unpaired) electrons. The smallest absolute Gasteiger partial charge is 0.236 e. The van der Waals surface area contributed by atoms with Crippen molar-refractivity contribution in [3.05, 3.63) is 42.2 Å². The van der Waals surface area contributed by atoms with Crippen molar-refractivity contribution in [2.45, 2.75) is 38.1 Å². The van der Waals surface area contributed by atoms with Crippen LogP contribution in [0.5, 0.6) is 0 Å². The number of nitrogen functional groups attached to an aromatic ring is 1. The molecule has 2 aliphatic rings. The molecular weight excluding hydrogens is 338 g/mol. The summed E-state index contributed by atoms with van der Waals surface area (Å²) in [5.74, 6) is 0.531. The molecule has 6 nitrogen and oxygen atoms in total. The number of amides is 1. The van der Waals surface area contributed by atoms with Gasteiger partial charge in [0.25, 0.3) is 0 Å². The van der Waals surface area contributed by atoms with Gasteiger partial charge in [-0.3, -0.25) is 9.69 Å². The summed E-state index contributed by atoms with van der Waals surface area (Å²) in [6.07, 6.45) is 7.30. The lowest BCUT2D eigenvalue weighted by molar-refractivity contribution is -0.132. The van der Waals surface area contributed by atoms with Crippen LogP contribution in [-0.2, 0) is 4.79 Å². The number of piperidine rings is 1. The highest BCUT2D eigenvalue weighted by Crippen LogP contribution is 2.35. The average Bonchev–Trinajstić information content (AvgIpc) is 3.24. The predicted octanol–water partition coefficient (Wildman–Crippen LogP) is 2.88. The van der Waals surface area contributed by atoms with Crippen LogP contribution in [0, 0.1) is 0 Å². The molecule has 1 aromatic carbocycles. The summed E-state index contributed by atoms with van der Waals surface area (Å²) in [6, 6.07) is 10.3. The highest BCUT2D eigenvalue weighted by molar-refractivity contribution is 5.78. The SMILES string of the molecule is Nc1ncc(-c2ccccc2)c([C@@H]2CCCCN2CC(=O)N2CCCC2)n1. The lowest BCUT2D eigenvalue weighted by Crippen LogP contribution is -2.43. The number of nitrogens with two attached hydrogens (primary N) is 1. The van der Waals surface area contributed by atoms with Gasteiger partial charge in [-0.2, -0.15) is 0 Å². The molecule has 2 saturated heterocycles. The third-order valence-electron chi connectivity index (χ3n) is 5.65. The largest absolute Gasteiger partial charge is 0.368 e. The summed E-state index contributed by atoms with van der Waals surface area (Å²) in [7, 11) is 0. The van der Waals surface area contributed by atoms with Crippen molar-refractivity contribution in [3.63, 3.8) is 0 Å². The van der Waals surface area contributed by atoms with Gasteiger partial charge in [-0.25, -0.2) is 9.97 Å². The zero-order valence-corrected chi connectivity index (χ0v) is 15.7. The summed E-state index contributed by atoms with van der Waals surface area (Å²) in [5.41, 5.74) is 8.99. The number of carbonyl (C=O) groups is 1. The van der Waals surface area contributed by atoms with Gasteiger partial charge < -0.3 is 10.6 Å². The first kappa shape index (κ1) is 17.9. The molecule has 3 heterocycles. The van der Waals surface area contributed by atoms with E-state index in [-0.39, 0.29) is 11.9 Å². The molecule has 1 aromatic heterocycles. The fourth-order valence-corrected chi connectivity index (χ4v) is 4.23.